The summed E-state index contributed by atoms with van der Waals surface area (Å²) in [5.74, 6) is 0.350. The van der Waals surface area contributed by atoms with Crippen molar-refractivity contribution in [1.82, 2.24) is 5.32 Å². The van der Waals surface area contributed by atoms with E-state index in [9.17, 15) is 9.59 Å². The first kappa shape index (κ1) is 19.4. The van der Waals surface area contributed by atoms with Gasteiger partial charge in [0.15, 0.2) is 5.11 Å². The monoisotopic (exact) mass is 371 g/mol. The van der Waals surface area contributed by atoms with E-state index in [1.807, 2.05) is 6.92 Å². The molecule has 2 aromatic rings. The summed E-state index contributed by atoms with van der Waals surface area (Å²) < 4.78 is 5.35. The number of ether oxygens (including phenoxy) is 1. The number of carbonyl (C=O) groups is 2. The fourth-order valence-corrected chi connectivity index (χ4v) is 2.37. The third-order valence-electron chi connectivity index (χ3n) is 3.64. The van der Waals surface area contributed by atoms with Crippen LogP contribution in [0.3, 0.4) is 0 Å². The molecule has 0 aliphatic heterocycles. The van der Waals surface area contributed by atoms with Crippen LogP contribution in [0.1, 0.15) is 24.2 Å². The summed E-state index contributed by atoms with van der Waals surface area (Å²) in [7, 11) is 1.70. The molecule has 2 N–H and O–H groups in total. The lowest BCUT2D eigenvalue weighted by Gasteiger charge is -2.16. The average Bonchev–Trinajstić information content (AvgIpc) is 2.62. The Morgan fingerprint density at radius 1 is 1.08 bits per heavy atom. The minimum Gasteiger partial charge on any atom is -0.494 e. The van der Waals surface area contributed by atoms with Gasteiger partial charge in [0.05, 0.1) is 6.61 Å². The molecule has 2 rings (SSSR count). The van der Waals surface area contributed by atoms with Crippen LogP contribution in [-0.4, -0.2) is 30.6 Å². The van der Waals surface area contributed by atoms with E-state index in [0.717, 1.165) is 5.69 Å². The van der Waals surface area contributed by atoms with Crippen molar-refractivity contribution in [2.24, 2.45) is 0 Å². The normalized spacial score (nSPS) is 9.96. The van der Waals surface area contributed by atoms with Crippen LogP contribution in [0.5, 0.6) is 5.75 Å². The van der Waals surface area contributed by atoms with E-state index in [-0.39, 0.29) is 16.9 Å². The number of carbonyl (C=O) groups excluding carboxylic acids is 2. The van der Waals surface area contributed by atoms with Gasteiger partial charge >= 0.3 is 0 Å². The fourth-order valence-electron chi connectivity index (χ4n) is 2.16. The van der Waals surface area contributed by atoms with Crippen LogP contribution < -0.4 is 20.3 Å². The Morgan fingerprint density at radius 2 is 1.69 bits per heavy atom. The van der Waals surface area contributed by atoms with Crippen molar-refractivity contribution < 1.29 is 14.3 Å². The number of thiocarbonyl (C=S) groups is 1. The van der Waals surface area contributed by atoms with Crippen molar-refractivity contribution in [3.63, 3.8) is 0 Å². The van der Waals surface area contributed by atoms with Crippen LogP contribution >= 0.6 is 12.2 Å². The molecule has 0 atom stereocenters. The molecular weight excluding hydrogens is 350 g/mol. The maximum atomic E-state index is 12.2. The minimum absolute atomic E-state index is 0.0520. The van der Waals surface area contributed by atoms with Gasteiger partial charge in [-0.2, -0.15) is 0 Å². The quantitative estimate of drug-likeness (QED) is 0.790. The van der Waals surface area contributed by atoms with Crippen LogP contribution in [0.4, 0.5) is 11.4 Å². The van der Waals surface area contributed by atoms with Crippen LogP contribution in [-0.2, 0) is 4.79 Å². The van der Waals surface area contributed by atoms with Gasteiger partial charge in [-0.15, -0.1) is 0 Å². The maximum absolute atomic E-state index is 12.2. The standard InChI is InChI=1S/C19H21N3O3S/c1-4-25-17-11-5-14(6-12-17)18(24)21-19(26)20-15-7-9-16(10-8-15)22(3)13(2)23/h5-12H,4H2,1-3H3,(H2,20,21,24,26). The first-order valence-electron chi connectivity index (χ1n) is 8.10. The Morgan fingerprint density at radius 3 is 2.23 bits per heavy atom. The van der Waals surface area contributed by atoms with E-state index in [0.29, 0.717) is 23.6 Å². The molecular formula is C19H21N3O3S. The summed E-state index contributed by atoms with van der Waals surface area (Å²) in [4.78, 5) is 25.1. The molecule has 0 unspecified atom stereocenters. The molecule has 0 radical (unpaired) electrons. The number of nitrogens with zero attached hydrogens (tertiary/aromatic N) is 1. The zero-order chi connectivity index (χ0) is 19.1. The lowest BCUT2D eigenvalue weighted by atomic mass is 10.2. The zero-order valence-electron chi connectivity index (χ0n) is 14.9. The topological polar surface area (TPSA) is 70.7 Å². The molecule has 0 aromatic heterocycles. The second kappa shape index (κ2) is 8.96. The summed E-state index contributed by atoms with van der Waals surface area (Å²) in [5.41, 5.74) is 1.96. The van der Waals surface area contributed by atoms with E-state index in [1.165, 1.54) is 11.8 Å². The molecule has 0 aliphatic rings. The van der Waals surface area contributed by atoms with E-state index in [1.54, 1.807) is 55.6 Å². The van der Waals surface area contributed by atoms with Crippen LogP contribution in [0.25, 0.3) is 0 Å². The van der Waals surface area contributed by atoms with Gasteiger partial charge in [0.25, 0.3) is 5.91 Å². The van der Waals surface area contributed by atoms with Gasteiger partial charge in [-0.25, -0.2) is 0 Å². The largest absolute Gasteiger partial charge is 0.494 e. The highest BCUT2D eigenvalue weighted by molar-refractivity contribution is 7.80. The first-order valence-corrected chi connectivity index (χ1v) is 8.51. The van der Waals surface area contributed by atoms with Gasteiger partial charge < -0.3 is 15.0 Å². The summed E-state index contributed by atoms with van der Waals surface area (Å²) in [6.07, 6.45) is 0. The van der Waals surface area contributed by atoms with Crippen molar-refractivity contribution in [2.75, 3.05) is 23.9 Å². The Hall–Kier alpha value is -2.93. The number of rotatable bonds is 5. The number of benzene rings is 2. The molecule has 2 amide bonds. The van der Waals surface area contributed by atoms with Gasteiger partial charge in [0.1, 0.15) is 5.75 Å². The smallest absolute Gasteiger partial charge is 0.257 e. The molecule has 26 heavy (non-hydrogen) atoms. The van der Waals surface area contributed by atoms with Crippen molar-refractivity contribution in [3.8, 4) is 5.75 Å². The molecule has 0 aliphatic carbocycles. The number of hydrogen-bond donors (Lipinski definition) is 2. The van der Waals surface area contributed by atoms with Gasteiger partial charge in [-0.05, 0) is 67.7 Å². The van der Waals surface area contributed by atoms with Crippen molar-refractivity contribution in [3.05, 3.63) is 54.1 Å². The zero-order valence-corrected chi connectivity index (χ0v) is 15.7. The third-order valence-corrected chi connectivity index (χ3v) is 3.84. The molecule has 6 nitrogen and oxygen atoms in total. The molecule has 7 heteroatoms. The van der Waals surface area contributed by atoms with E-state index in [4.69, 9.17) is 17.0 Å². The Balaban J connectivity index is 1.93. The average molecular weight is 371 g/mol. The second-order valence-electron chi connectivity index (χ2n) is 5.49. The lowest BCUT2D eigenvalue weighted by molar-refractivity contribution is -0.116. The second-order valence-corrected chi connectivity index (χ2v) is 5.90. The van der Waals surface area contributed by atoms with Gasteiger partial charge in [0, 0.05) is 30.9 Å². The Kier molecular flexibility index (Phi) is 6.68. The van der Waals surface area contributed by atoms with Gasteiger partial charge in [-0.1, -0.05) is 0 Å². The van der Waals surface area contributed by atoms with E-state index in [2.05, 4.69) is 10.6 Å². The van der Waals surface area contributed by atoms with E-state index < -0.39 is 0 Å². The van der Waals surface area contributed by atoms with Crippen molar-refractivity contribution in [1.29, 1.82) is 0 Å². The highest BCUT2D eigenvalue weighted by Crippen LogP contribution is 2.17. The lowest BCUT2D eigenvalue weighted by Crippen LogP contribution is -2.34. The minimum atomic E-state index is -0.307. The maximum Gasteiger partial charge on any atom is 0.257 e. The number of hydrogen-bond acceptors (Lipinski definition) is 4. The Labute approximate surface area is 158 Å². The number of amides is 2. The molecule has 0 saturated heterocycles. The molecule has 2 aromatic carbocycles. The van der Waals surface area contributed by atoms with Crippen molar-refractivity contribution in [2.45, 2.75) is 13.8 Å². The predicted molar refractivity (Wildman–Crippen MR) is 107 cm³/mol. The summed E-state index contributed by atoms with van der Waals surface area (Å²) in [5, 5.41) is 5.76. The first-order chi connectivity index (χ1) is 12.4. The summed E-state index contributed by atoms with van der Waals surface area (Å²) in [6.45, 7) is 3.97. The number of nitrogens with one attached hydrogen (secondary N) is 2. The van der Waals surface area contributed by atoms with Gasteiger partial charge in [-0.3, -0.25) is 14.9 Å². The van der Waals surface area contributed by atoms with Crippen LogP contribution in [0.15, 0.2) is 48.5 Å². The Bertz CT molecular complexity index is 789. The van der Waals surface area contributed by atoms with E-state index >= 15 is 0 Å². The molecule has 0 bridgehead atoms. The van der Waals surface area contributed by atoms with Crippen molar-refractivity contribution >= 4 is 40.5 Å². The highest BCUT2D eigenvalue weighted by atomic mass is 32.1. The molecule has 136 valence electrons. The summed E-state index contributed by atoms with van der Waals surface area (Å²) in [6, 6.07) is 14.0. The molecule has 0 saturated carbocycles. The van der Waals surface area contributed by atoms with Crippen LogP contribution in [0, 0.1) is 0 Å². The fraction of sp³-hybridized carbons (Fsp3) is 0.211. The highest BCUT2D eigenvalue weighted by Gasteiger charge is 2.09. The summed E-state index contributed by atoms with van der Waals surface area (Å²) >= 11 is 5.17. The van der Waals surface area contributed by atoms with Crippen LogP contribution in [0.2, 0.25) is 0 Å². The molecule has 0 heterocycles. The molecule has 0 spiro atoms. The number of anilines is 2. The third kappa shape index (κ3) is 5.29. The molecule has 0 fully saturated rings. The predicted octanol–water partition coefficient (Wildman–Crippen LogP) is 3.19. The SMILES string of the molecule is CCOc1ccc(C(=O)NC(=S)Nc2ccc(N(C)C(C)=O)cc2)cc1. The van der Waals surface area contributed by atoms with Gasteiger partial charge in [0.2, 0.25) is 5.91 Å².